The van der Waals surface area contributed by atoms with E-state index in [4.69, 9.17) is 0 Å². The minimum atomic E-state index is -0.690. The Morgan fingerprint density at radius 1 is 0.946 bits per heavy atom. The predicted octanol–water partition coefficient (Wildman–Crippen LogP) is 7.41. The molecule has 3 aromatic carbocycles. The summed E-state index contributed by atoms with van der Waals surface area (Å²) in [4.78, 5) is 30.4. The summed E-state index contributed by atoms with van der Waals surface area (Å²) < 4.78 is 14.0. The first-order valence-corrected chi connectivity index (χ1v) is 13.2. The Bertz CT molecular complexity index is 1510. The van der Waals surface area contributed by atoms with E-state index in [2.05, 4.69) is 17.4 Å². The lowest BCUT2D eigenvalue weighted by Crippen LogP contribution is -2.38. The zero-order valence-corrected chi connectivity index (χ0v) is 21.1. The highest BCUT2D eigenvalue weighted by atomic mass is 32.1. The standard InChI is InChI=1S/C31H25FN2O2S/c1-19-9-14-24-26(16-19)34(31(36)28-8-5-15-37-28)30(21-10-12-23(32)13-11-21)29-25(33-24)17-22(18-27(29)35)20-6-3-2-4-7-20/h2-16,22,30,33H,17-18H2,1H3/t22-,30-/m0/s1. The molecule has 2 atom stereocenters. The second-order valence-electron chi connectivity index (χ2n) is 9.58. The lowest BCUT2D eigenvalue weighted by Gasteiger charge is -2.35. The van der Waals surface area contributed by atoms with Crippen LogP contribution in [0.5, 0.6) is 0 Å². The number of rotatable bonds is 3. The number of anilines is 2. The van der Waals surface area contributed by atoms with Gasteiger partial charge in [-0.2, -0.15) is 0 Å². The van der Waals surface area contributed by atoms with Gasteiger partial charge in [0.05, 0.1) is 22.3 Å². The second-order valence-corrected chi connectivity index (χ2v) is 10.5. The van der Waals surface area contributed by atoms with Crippen molar-refractivity contribution < 1.29 is 14.0 Å². The summed E-state index contributed by atoms with van der Waals surface area (Å²) in [7, 11) is 0. The van der Waals surface area contributed by atoms with Gasteiger partial charge in [-0.3, -0.25) is 14.5 Å². The molecule has 0 radical (unpaired) electrons. The normalized spacial score (nSPS) is 19.1. The third-order valence-electron chi connectivity index (χ3n) is 7.15. The smallest absolute Gasteiger partial charge is 0.269 e. The number of carbonyl (C=O) groups excluding carboxylic acids is 2. The minimum Gasteiger partial charge on any atom is -0.357 e. The van der Waals surface area contributed by atoms with Crippen molar-refractivity contribution in [3.8, 4) is 0 Å². The van der Waals surface area contributed by atoms with E-state index < -0.39 is 6.04 Å². The lowest BCUT2D eigenvalue weighted by atomic mass is 9.78. The predicted molar refractivity (Wildman–Crippen MR) is 146 cm³/mol. The van der Waals surface area contributed by atoms with Crippen molar-refractivity contribution in [2.75, 3.05) is 10.2 Å². The second kappa shape index (κ2) is 9.45. The number of nitrogens with one attached hydrogen (secondary N) is 1. The molecule has 0 bridgehead atoms. The molecule has 37 heavy (non-hydrogen) atoms. The summed E-state index contributed by atoms with van der Waals surface area (Å²) in [5.41, 5.74) is 5.66. The summed E-state index contributed by atoms with van der Waals surface area (Å²) in [5.74, 6) is -0.534. The Balaban J connectivity index is 1.58. The summed E-state index contributed by atoms with van der Waals surface area (Å²) in [6, 6.07) is 25.1. The number of hydrogen-bond donors (Lipinski definition) is 1. The lowest BCUT2D eigenvalue weighted by molar-refractivity contribution is -0.116. The number of ketones is 1. The van der Waals surface area contributed by atoms with Crippen LogP contribution in [0.15, 0.2) is 102 Å². The minimum absolute atomic E-state index is 0.00886. The van der Waals surface area contributed by atoms with E-state index in [0.717, 1.165) is 22.5 Å². The van der Waals surface area contributed by atoms with Crippen molar-refractivity contribution in [1.29, 1.82) is 0 Å². The highest BCUT2D eigenvalue weighted by Crippen LogP contribution is 2.48. The Kier molecular flexibility index (Phi) is 5.97. The maximum absolute atomic E-state index is 14.1. The number of allylic oxidation sites excluding steroid dienone is 1. The summed E-state index contributed by atoms with van der Waals surface area (Å²) in [5, 5.41) is 5.42. The fraction of sp³-hybridized carbons (Fsp3) is 0.161. The van der Waals surface area contributed by atoms with Crippen LogP contribution in [0.25, 0.3) is 0 Å². The van der Waals surface area contributed by atoms with Gasteiger partial charge in [-0.15, -0.1) is 11.3 Å². The van der Waals surface area contributed by atoms with E-state index in [9.17, 15) is 14.0 Å². The molecule has 0 saturated heterocycles. The van der Waals surface area contributed by atoms with Crippen LogP contribution in [0.3, 0.4) is 0 Å². The Labute approximate surface area is 219 Å². The van der Waals surface area contributed by atoms with Crippen molar-refractivity contribution in [3.05, 3.63) is 129 Å². The molecule has 2 aliphatic rings. The van der Waals surface area contributed by atoms with Gasteiger partial charge in [-0.25, -0.2) is 4.39 Å². The molecule has 6 heteroatoms. The maximum Gasteiger partial charge on any atom is 0.269 e. The van der Waals surface area contributed by atoms with E-state index >= 15 is 0 Å². The number of hydrogen-bond acceptors (Lipinski definition) is 4. The van der Waals surface area contributed by atoms with E-state index in [1.165, 1.54) is 23.5 Å². The zero-order valence-electron chi connectivity index (χ0n) is 20.3. The van der Waals surface area contributed by atoms with Crippen molar-refractivity contribution in [2.24, 2.45) is 0 Å². The number of fused-ring (bicyclic) bond motifs is 1. The van der Waals surface area contributed by atoms with Gasteiger partial charge >= 0.3 is 0 Å². The first-order valence-electron chi connectivity index (χ1n) is 12.3. The van der Waals surface area contributed by atoms with Crippen molar-refractivity contribution >= 4 is 34.4 Å². The number of thiophene rings is 1. The molecule has 1 aliphatic carbocycles. The number of amides is 1. The zero-order chi connectivity index (χ0) is 25.5. The van der Waals surface area contributed by atoms with Crippen LogP contribution in [-0.4, -0.2) is 11.7 Å². The first-order chi connectivity index (χ1) is 18.0. The van der Waals surface area contributed by atoms with Crippen LogP contribution in [0.1, 0.15) is 51.2 Å². The molecule has 2 heterocycles. The third kappa shape index (κ3) is 4.27. The Morgan fingerprint density at radius 2 is 1.73 bits per heavy atom. The number of carbonyl (C=O) groups is 2. The van der Waals surface area contributed by atoms with Gasteiger partial charge in [0.1, 0.15) is 5.82 Å². The summed E-state index contributed by atoms with van der Waals surface area (Å²) in [6.45, 7) is 1.98. The molecule has 1 aromatic heterocycles. The largest absolute Gasteiger partial charge is 0.357 e. The molecule has 0 spiro atoms. The first kappa shape index (κ1) is 23.4. The summed E-state index contributed by atoms with van der Waals surface area (Å²) >= 11 is 1.37. The van der Waals surface area contributed by atoms with Gasteiger partial charge in [0, 0.05) is 17.7 Å². The van der Waals surface area contributed by atoms with Gasteiger partial charge in [0.25, 0.3) is 5.91 Å². The highest BCUT2D eigenvalue weighted by Gasteiger charge is 2.42. The molecular weight excluding hydrogens is 483 g/mol. The molecule has 1 aliphatic heterocycles. The van der Waals surface area contributed by atoms with Crippen molar-refractivity contribution in [2.45, 2.75) is 31.7 Å². The van der Waals surface area contributed by atoms with Crippen molar-refractivity contribution in [3.63, 3.8) is 0 Å². The quantitative estimate of drug-likeness (QED) is 0.313. The Morgan fingerprint density at radius 3 is 2.46 bits per heavy atom. The monoisotopic (exact) mass is 508 g/mol. The van der Waals surface area contributed by atoms with Crippen LogP contribution >= 0.6 is 11.3 Å². The third-order valence-corrected chi connectivity index (χ3v) is 8.00. The average molecular weight is 509 g/mol. The van der Waals surface area contributed by atoms with Crippen LogP contribution < -0.4 is 10.2 Å². The maximum atomic E-state index is 14.1. The van der Waals surface area contributed by atoms with Gasteiger partial charge in [0.15, 0.2) is 5.78 Å². The molecule has 0 unspecified atom stereocenters. The van der Waals surface area contributed by atoms with Crippen LogP contribution in [0, 0.1) is 12.7 Å². The molecule has 1 amide bonds. The average Bonchev–Trinajstić information content (AvgIpc) is 3.40. The molecule has 0 saturated carbocycles. The summed E-state index contributed by atoms with van der Waals surface area (Å²) in [6.07, 6.45) is 0.982. The number of Topliss-reactive ketones (excluding diaryl/α,β-unsaturated/α-hetero) is 1. The van der Waals surface area contributed by atoms with Crippen LogP contribution in [0.2, 0.25) is 0 Å². The molecular formula is C31H25FN2O2S. The number of benzene rings is 3. The number of nitrogens with zero attached hydrogens (tertiary/aromatic N) is 1. The van der Waals surface area contributed by atoms with Gasteiger partial charge in [0.2, 0.25) is 0 Å². The van der Waals surface area contributed by atoms with E-state index in [0.29, 0.717) is 34.5 Å². The van der Waals surface area contributed by atoms with Crippen molar-refractivity contribution in [1.82, 2.24) is 0 Å². The van der Waals surface area contributed by atoms with Gasteiger partial charge in [-0.05, 0) is 71.7 Å². The van der Waals surface area contributed by atoms with E-state index in [1.807, 2.05) is 54.8 Å². The number of aryl methyl sites for hydroxylation is 1. The molecule has 1 N–H and O–H groups in total. The van der Waals surface area contributed by atoms with E-state index in [-0.39, 0.29) is 23.4 Å². The number of halogens is 1. The van der Waals surface area contributed by atoms with E-state index in [1.54, 1.807) is 23.1 Å². The van der Waals surface area contributed by atoms with Crippen LogP contribution in [-0.2, 0) is 4.79 Å². The fourth-order valence-corrected chi connectivity index (χ4v) is 6.07. The van der Waals surface area contributed by atoms with Gasteiger partial charge < -0.3 is 5.32 Å². The highest BCUT2D eigenvalue weighted by molar-refractivity contribution is 7.12. The molecule has 4 aromatic rings. The molecule has 4 nitrogen and oxygen atoms in total. The molecule has 0 fully saturated rings. The molecule has 6 rings (SSSR count). The van der Waals surface area contributed by atoms with Crippen LogP contribution in [0.4, 0.5) is 15.8 Å². The SMILES string of the molecule is Cc1ccc2c(c1)N(C(=O)c1cccs1)[C@@H](c1ccc(F)cc1)C1=C(C[C@H](c3ccccc3)CC1=O)N2. The fourth-order valence-electron chi connectivity index (χ4n) is 5.41. The topological polar surface area (TPSA) is 49.4 Å². The Hall–Kier alpha value is -4.03. The van der Waals surface area contributed by atoms with Gasteiger partial charge in [-0.1, -0.05) is 54.6 Å². The molecule has 184 valence electrons.